The van der Waals surface area contributed by atoms with Gasteiger partial charge in [-0.15, -0.1) is 0 Å². The third-order valence-corrected chi connectivity index (χ3v) is 5.37. The molecule has 1 aliphatic heterocycles. The highest BCUT2D eigenvalue weighted by Gasteiger charge is 2.20. The summed E-state index contributed by atoms with van der Waals surface area (Å²) in [6, 6.07) is 13.8. The van der Waals surface area contributed by atoms with Crippen LogP contribution in [0.1, 0.15) is 31.2 Å². The Bertz CT molecular complexity index is 899. The molecular weight excluding hydrogens is 406 g/mol. The molecule has 0 spiro atoms. The molecule has 0 atom stereocenters. The summed E-state index contributed by atoms with van der Waals surface area (Å²) in [5.74, 6) is 3.88. The van der Waals surface area contributed by atoms with Gasteiger partial charge in [0.2, 0.25) is 0 Å². The molecule has 0 bridgehead atoms. The van der Waals surface area contributed by atoms with Crippen molar-refractivity contribution >= 4 is 11.6 Å². The van der Waals surface area contributed by atoms with E-state index in [1.165, 1.54) is 12.8 Å². The Hall–Kier alpha value is -2.93. The van der Waals surface area contributed by atoms with E-state index in [2.05, 4.69) is 10.6 Å². The second kappa shape index (κ2) is 11.6. The molecule has 0 saturated heterocycles. The maximum atomic E-state index is 5.82. The molecule has 0 unspecified atom stereocenters. The minimum Gasteiger partial charge on any atom is -0.497 e. The molecule has 2 aromatic rings. The van der Waals surface area contributed by atoms with Crippen molar-refractivity contribution in [2.45, 2.75) is 32.2 Å². The smallest absolute Gasteiger partial charge is 0.196 e. The van der Waals surface area contributed by atoms with Crippen molar-refractivity contribution in [3.05, 3.63) is 48.0 Å². The zero-order valence-electron chi connectivity index (χ0n) is 18.8. The Morgan fingerprint density at radius 3 is 2.81 bits per heavy atom. The number of benzene rings is 2. The van der Waals surface area contributed by atoms with Crippen LogP contribution in [-0.2, 0) is 11.3 Å². The van der Waals surface area contributed by atoms with Crippen LogP contribution in [0.5, 0.6) is 17.2 Å². The Balaban J connectivity index is 1.38. The van der Waals surface area contributed by atoms with Crippen molar-refractivity contribution in [3.63, 3.8) is 0 Å². The number of nitrogens with one attached hydrogen (secondary N) is 2. The van der Waals surface area contributed by atoms with E-state index in [0.717, 1.165) is 67.0 Å². The van der Waals surface area contributed by atoms with Crippen molar-refractivity contribution < 1.29 is 18.9 Å². The first kappa shape index (κ1) is 22.3. The molecule has 2 aliphatic rings. The first-order valence-corrected chi connectivity index (χ1v) is 11.5. The number of hydrogen-bond acceptors (Lipinski definition) is 5. The predicted octanol–water partition coefficient (Wildman–Crippen LogP) is 4.23. The maximum absolute atomic E-state index is 5.82. The highest BCUT2D eigenvalue weighted by atomic mass is 16.5. The Labute approximate surface area is 190 Å². The van der Waals surface area contributed by atoms with Crippen molar-refractivity contribution in [3.8, 4) is 17.2 Å². The average molecular weight is 440 g/mol. The van der Waals surface area contributed by atoms with Gasteiger partial charge in [0.1, 0.15) is 5.75 Å². The van der Waals surface area contributed by atoms with E-state index in [9.17, 15) is 0 Å². The number of guanidine groups is 1. The van der Waals surface area contributed by atoms with Crippen molar-refractivity contribution in [1.82, 2.24) is 5.32 Å². The average Bonchev–Trinajstić information content (AvgIpc) is 3.66. The molecule has 1 aliphatic carbocycles. The summed E-state index contributed by atoms with van der Waals surface area (Å²) in [6.07, 6.45) is 4.44. The molecule has 1 fully saturated rings. The normalized spacial score (nSPS) is 15.7. The van der Waals surface area contributed by atoms with Crippen molar-refractivity contribution in [2.75, 3.05) is 45.4 Å². The summed E-state index contributed by atoms with van der Waals surface area (Å²) < 4.78 is 22.6. The monoisotopic (exact) mass is 439 g/mol. The van der Waals surface area contributed by atoms with Gasteiger partial charge in [-0.3, -0.25) is 0 Å². The zero-order valence-corrected chi connectivity index (χ0v) is 18.8. The van der Waals surface area contributed by atoms with Crippen LogP contribution in [0.2, 0.25) is 0 Å². The molecular formula is C25H33N3O4. The highest BCUT2D eigenvalue weighted by molar-refractivity contribution is 5.94. The fraction of sp³-hybridized carbons (Fsp3) is 0.480. The number of methoxy groups -OCH3 is 1. The minimum absolute atomic E-state index is 0.537. The molecule has 0 amide bonds. The Kier molecular flexibility index (Phi) is 8.09. The number of hydrogen-bond donors (Lipinski definition) is 2. The molecule has 172 valence electrons. The van der Waals surface area contributed by atoms with Crippen LogP contribution in [-0.4, -0.2) is 46.0 Å². The van der Waals surface area contributed by atoms with E-state index in [4.69, 9.17) is 23.9 Å². The largest absolute Gasteiger partial charge is 0.497 e. The first-order chi connectivity index (χ1) is 15.8. The SMILES string of the molecule is COc1cccc(CN=C(NCCCOCC2CC2)Nc2ccc3c(c2)OCCCO3)c1. The number of rotatable bonds is 10. The minimum atomic E-state index is 0.537. The quantitative estimate of drug-likeness (QED) is 0.328. The van der Waals surface area contributed by atoms with Crippen LogP contribution >= 0.6 is 0 Å². The molecule has 0 radical (unpaired) electrons. The van der Waals surface area contributed by atoms with Gasteiger partial charge in [-0.05, 0) is 55.0 Å². The van der Waals surface area contributed by atoms with Gasteiger partial charge in [-0.1, -0.05) is 12.1 Å². The van der Waals surface area contributed by atoms with Gasteiger partial charge in [-0.25, -0.2) is 4.99 Å². The third kappa shape index (κ3) is 7.05. The summed E-state index contributed by atoms with van der Waals surface area (Å²) in [7, 11) is 1.67. The molecule has 0 aromatic heterocycles. The van der Waals surface area contributed by atoms with E-state index < -0.39 is 0 Å². The number of fused-ring (bicyclic) bond motifs is 1. The lowest BCUT2D eigenvalue weighted by atomic mass is 10.2. The lowest BCUT2D eigenvalue weighted by Gasteiger charge is -2.15. The highest BCUT2D eigenvalue weighted by Crippen LogP contribution is 2.32. The van der Waals surface area contributed by atoms with Gasteiger partial charge in [0.05, 0.1) is 26.9 Å². The fourth-order valence-corrected chi connectivity index (χ4v) is 3.37. The van der Waals surface area contributed by atoms with E-state index in [-0.39, 0.29) is 0 Å². The molecule has 7 heteroatoms. The van der Waals surface area contributed by atoms with Gasteiger partial charge in [0.25, 0.3) is 0 Å². The molecule has 2 N–H and O–H groups in total. The van der Waals surface area contributed by atoms with Crippen molar-refractivity contribution in [2.24, 2.45) is 10.9 Å². The van der Waals surface area contributed by atoms with E-state index >= 15 is 0 Å². The number of ether oxygens (including phenoxy) is 4. The number of aliphatic imine (C=N–C) groups is 1. The Morgan fingerprint density at radius 1 is 1.09 bits per heavy atom. The first-order valence-electron chi connectivity index (χ1n) is 11.5. The van der Waals surface area contributed by atoms with Crippen LogP contribution in [0.25, 0.3) is 0 Å². The molecule has 1 heterocycles. The van der Waals surface area contributed by atoms with Gasteiger partial charge in [-0.2, -0.15) is 0 Å². The van der Waals surface area contributed by atoms with Crippen LogP contribution in [0.15, 0.2) is 47.5 Å². The van der Waals surface area contributed by atoms with Gasteiger partial charge in [0, 0.05) is 37.9 Å². The molecule has 2 aromatic carbocycles. The molecule has 1 saturated carbocycles. The van der Waals surface area contributed by atoms with Crippen LogP contribution in [0, 0.1) is 5.92 Å². The summed E-state index contributed by atoms with van der Waals surface area (Å²) in [5, 5.41) is 6.82. The van der Waals surface area contributed by atoms with E-state index in [1.807, 2.05) is 42.5 Å². The Morgan fingerprint density at radius 2 is 1.97 bits per heavy atom. The fourth-order valence-electron chi connectivity index (χ4n) is 3.37. The summed E-state index contributed by atoms with van der Waals surface area (Å²) in [6.45, 7) is 4.31. The summed E-state index contributed by atoms with van der Waals surface area (Å²) in [5.41, 5.74) is 1.98. The molecule has 32 heavy (non-hydrogen) atoms. The lowest BCUT2D eigenvalue weighted by Crippen LogP contribution is -2.32. The van der Waals surface area contributed by atoms with Crippen LogP contribution < -0.4 is 24.8 Å². The summed E-state index contributed by atoms with van der Waals surface area (Å²) in [4.78, 5) is 4.78. The van der Waals surface area contributed by atoms with Crippen molar-refractivity contribution in [1.29, 1.82) is 0 Å². The van der Waals surface area contributed by atoms with Gasteiger partial charge >= 0.3 is 0 Å². The second-order valence-corrected chi connectivity index (χ2v) is 8.15. The number of anilines is 1. The van der Waals surface area contributed by atoms with E-state index in [0.29, 0.717) is 25.7 Å². The summed E-state index contributed by atoms with van der Waals surface area (Å²) >= 11 is 0. The van der Waals surface area contributed by atoms with Gasteiger partial charge in [0.15, 0.2) is 17.5 Å². The predicted molar refractivity (Wildman–Crippen MR) is 126 cm³/mol. The van der Waals surface area contributed by atoms with Crippen LogP contribution in [0.4, 0.5) is 5.69 Å². The topological polar surface area (TPSA) is 73.3 Å². The zero-order chi connectivity index (χ0) is 22.0. The third-order valence-electron chi connectivity index (χ3n) is 5.37. The molecule has 4 rings (SSSR count). The van der Waals surface area contributed by atoms with Crippen LogP contribution in [0.3, 0.4) is 0 Å². The van der Waals surface area contributed by atoms with Gasteiger partial charge < -0.3 is 29.6 Å². The lowest BCUT2D eigenvalue weighted by molar-refractivity contribution is 0.123. The maximum Gasteiger partial charge on any atom is 0.196 e. The van der Waals surface area contributed by atoms with E-state index in [1.54, 1.807) is 7.11 Å². The number of nitrogens with zero attached hydrogens (tertiary/aromatic N) is 1. The second-order valence-electron chi connectivity index (χ2n) is 8.15. The standard InChI is InChI=1S/C25H33N3O4/c1-29-22-6-2-5-20(15-22)17-27-25(26-11-3-12-30-18-19-7-8-19)28-21-9-10-23-24(16-21)32-14-4-13-31-23/h2,5-6,9-10,15-16,19H,3-4,7-8,11-14,17-18H2,1H3,(H2,26,27,28). The molecule has 7 nitrogen and oxygen atoms in total.